The molecule has 2 unspecified atom stereocenters. The van der Waals surface area contributed by atoms with Gasteiger partial charge in [-0.1, -0.05) is 30.0 Å². The zero-order valence-electron chi connectivity index (χ0n) is 12.1. The highest BCUT2D eigenvalue weighted by molar-refractivity contribution is 8.03. The minimum Gasteiger partial charge on any atom is -0.492 e. The van der Waals surface area contributed by atoms with E-state index in [-0.39, 0.29) is 12.0 Å². The molecule has 0 saturated heterocycles. The van der Waals surface area contributed by atoms with Crippen molar-refractivity contribution in [1.29, 1.82) is 0 Å². The molecule has 0 fully saturated rings. The minimum atomic E-state index is 0.112. The monoisotopic (exact) mass is 312 g/mol. The molecule has 3 heterocycles. The van der Waals surface area contributed by atoms with Crippen molar-refractivity contribution < 1.29 is 4.74 Å². The fourth-order valence-electron chi connectivity index (χ4n) is 2.85. The van der Waals surface area contributed by atoms with E-state index in [0.29, 0.717) is 5.82 Å². The van der Waals surface area contributed by atoms with Crippen molar-refractivity contribution in [3.05, 3.63) is 48.0 Å². The van der Waals surface area contributed by atoms with Crippen LogP contribution in [0.25, 0.3) is 11.0 Å². The van der Waals surface area contributed by atoms with Crippen molar-refractivity contribution in [2.24, 2.45) is 5.92 Å². The number of aromatic nitrogens is 3. The number of aryl methyl sites for hydroxylation is 1. The van der Waals surface area contributed by atoms with Gasteiger partial charge in [0, 0.05) is 22.5 Å². The Balaban J connectivity index is 1.73. The largest absolute Gasteiger partial charge is 0.492 e. The van der Waals surface area contributed by atoms with Crippen molar-refractivity contribution in [2.45, 2.75) is 24.5 Å². The van der Waals surface area contributed by atoms with E-state index in [1.807, 2.05) is 12.3 Å². The lowest BCUT2D eigenvalue weighted by Gasteiger charge is -2.16. The summed E-state index contributed by atoms with van der Waals surface area (Å²) in [6.07, 6.45) is 13.9. The van der Waals surface area contributed by atoms with Crippen LogP contribution in [0, 0.1) is 5.92 Å². The summed E-state index contributed by atoms with van der Waals surface area (Å²) in [6.45, 7) is 2.94. The predicted molar refractivity (Wildman–Crippen MR) is 88.2 cm³/mol. The third kappa shape index (κ3) is 2.02. The van der Waals surface area contributed by atoms with E-state index >= 15 is 0 Å². The second kappa shape index (κ2) is 5.21. The van der Waals surface area contributed by atoms with Gasteiger partial charge in [0.15, 0.2) is 0 Å². The van der Waals surface area contributed by atoms with Gasteiger partial charge in [0.1, 0.15) is 23.9 Å². The van der Waals surface area contributed by atoms with Gasteiger partial charge < -0.3 is 15.0 Å². The summed E-state index contributed by atoms with van der Waals surface area (Å²) in [7, 11) is 0. The number of hydrogen-bond donors (Lipinski definition) is 1. The topological polar surface area (TPSA) is 66.0 Å². The number of anilines is 1. The van der Waals surface area contributed by atoms with Crippen LogP contribution >= 0.6 is 11.8 Å². The maximum Gasteiger partial charge on any atom is 0.146 e. The maximum absolute atomic E-state index is 6.08. The van der Waals surface area contributed by atoms with Crippen molar-refractivity contribution in [3.8, 4) is 0 Å². The molecular weight excluding hydrogens is 296 g/mol. The van der Waals surface area contributed by atoms with Crippen LogP contribution in [0.5, 0.6) is 0 Å². The molecule has 0 radical (unpaired) electrons. The molecule has 0 amide bonds. The standard InChI is InChI=1S/C16H16N4OS/c1-2-20-7-12(14-15(17)18-9-19-16(14)20)22-13-8-21-11-6-4-3-5-10(11)13/h3-11H,2H2,1H3,(H2,17,18,19). The molecule has 1 aliphatic carbocycles. The Morgan fingerprint density at radius 3 is 3.05 bits per heavy atom. The molecule has 112 valence electrons. The number of fused-ring (bicyclic) bond motifs is 2. The van der Waals surface area contributed by atoms with Crippen LogP contribution < -0.4 is 5.73 Å². The molecule has 0 bridgehead atoms. The van der Waals surface area contributed by atoms with E-state index in [1.54, 1.807) is 11.8 Å². The molecule has 2 aromatic heterocycles. The fourth-order valence-corrected chi connectivity index (χ4v) is 4.03. The van der Waals surface area contributed by atoms with E-state index in [4.69, 9.17) is 10.5 Å². The molecule has 4 rings (SSSR count). The molecule has 2 atom stereocenters. The molecule has 0 saturated carbocycles. The molecule has 0 spiro atoms. The van der Waals surface area contributed by atoms with Crippen LogP contribution in [0.4, 0.5) is 5.82 Å². The number of rotatable bonds is 3. The SMILES string of the molecule is CCn1cc(SC2=COC3C=CC=CC23)c2c(N)ncnc21. The Morgan fingerprint density at radius 2 is 2.18 bits per heavy atom. The van der Waals surface area contributed by atoms with Gasteiger partial charge in [0.2, 0.25) is 0 Å². The van der Waals surface area contributed by atoms with Gasteiger partial charge in [0.25, 0.3) is 0 Å². The van der Waals surface area contributed by atoms with Crippen LogP contribution in [0.2, 0.25) is 0 Å². The van der Waals surface area contributed by atoms with Crippen LogP contribution in [0.1, 0.15) is 6.92 Å². The summed E-state index contributed by atoms with van der Waals surface area (Å²) in [5.41, 5.74) is 6.96. The van der Waals surface area contributed by atoms with Crippen LogP contribution in [-0.2, 0) is 11.3 Å². The summed E-state index contributed by atoms with van der Waals surface area (Å²) in [4.78, 5) is 10.8. The second-order valence-corrected chi connectivity index (χ2v) is 6.37. The molecule has 5 nitrogen and oxygen atoms in total. The number of nitrogens with zero attached hydrogens (tertiary/aromatic N) is 3. The average molecular weight is 312 g/mol. The number of allylic oxidation sites excluding steroid dienone is 2. The number of nitrogen functional groups attached to an aromatic ring is 1. The molecule has 2 N–H and O–H groups in total. The van der Waals surface area contributed by atoms with Gasteiger partial charge in [-0.2, -0.15) is 0 Å². The molecule has 22 heavy (non-hydrogen) atoms. The molecule has 1 aliphatic heterocycles. The number of thioether (sulfide) groups is 1. The van der Waals surface area contributed by atoms with Crippen molar-refractivity contribution in [1.82, 2.24) is 14.5 Å². The maximum atomic E-state index is 6.08. The van der Waals surface area contributed by atoms with Gasteiger partial charge in [-0.3, -0.25) is 0 Å². The first-order chi connectivity index (χ1) is 10.8. The Labute approximate surface area is 132 Å². The van der Waals surface area contributed by atoms with Gasteiger partial charge in [0.05, 0.1) is 17.6 Å². The molecule has 0 aromatic carbocycles. The van der Waals surface area contributed by atoms with Crippen LogP contribution in [0.15, 0.2) is 52.9 Å². The normalized spacial score (nSPS) is 22.7. The van der Waals surface area contributed by atoms with Gasteiger partial charge >= 0.3 is 0 Å². The van der Waals surface area contributed by atoms with Gasteiger partial charge in [-0.25, -0.2) is 9.97 Å². The molecular formula is C16H16N4OS. The van der Waals surface area contributed by atoms with Crippen molar-refractivity contribution in [3.63, 3.8) is 0 Å². The first-order valence-electron chi connectivity index (χ1n) is 7.25. The lowest BCUT2D eigenvalue weighted by atomic mass is 9.99. The van der Waals surface area contributed by atoms with E-state index < -0.39 is 0 Å². The lowest BCUT2D eigenvalue weighted by Crippen LogP contribution is -2.14. The van der Waals surface area contributed by atoms with Crippen molar-refractivity contribution >= 4 is 28.6 Å². The zero-order chi connectivity index (χ0) is 15.1. The first kappa shape index (κ1) is 13.5. The summed E-state index contributed by atoms with van der Waals surface area (Å²) < 4.78 is 7.82. The minimum absolute atomic E-state index is 0.112. The molecule has 2 aliphatic rings. The van der Waals surface area contributed by atoms with E-state index in [0.717, 1.165) is 22.5 Å². The highest BCUT2D eigenvalue weighted by atomic mass is 32.2. The smallest absolute Gasteiger partial charge is 0.146 e. The molecule has 2 aromatic rings. The van der Waals surface area contributed by atoms with E-state index in [1.165, 1.54) is 11.2 Å². The van der Waals surface area contributed by atoms with Crippen LogP contribution in [-0.4, -0.2) is 20.6 Å². The number of nitrogens with two attached hydrogens (primary N) is 1. The second-order valence-electron chi connectivity index (χ2n) is 5.26. The zero-order valence-corrected chi connectivity index (χ0v) is 13.0. The fraction of sp³-hybridized carbons (Fsp3) is 0.250. The van der Waals surface area contributed by atoms with Crippen LogP contribution in [0.3, 0.4) is 0 Å². The van der Waals surface area contributed by atoms with Gasteiger partial charge in [-0.15, -0.1) is 0 Å². The van der Waals surface area contributed by atoms with Gasteiger partial charge in [-0.05, 0) is 13.0 Å². The highest BCUT2D eigenvalue weighted by Crippen LogP contribution is 2.44. The quantitative estimate of drug-likeness (QED) is 0.943. The number of hydrogen-bond acceptors (Lipinski definition) is 5. The third-order valence-electron chi connectivity index (χ3n) is 3.97. The summed E-state index contributed by atoms with van der Waals surface area (Å²) in [5.74, 6) is 0.802. The van der Waals surface area contributed by atoms with E-state index in [9.17, 15) is 0 Å². The lowest BCUT2D eigenvalue weighted by molar-refractivity contribution is 0.192. The Hall–Kier alpha value is -2.21. The highest BCUT2D eigenvalue weighted by Gasteiger charge is 2.30. The Bertz CT molecular complexity index is 821. The summed E-state index contributed by atoms with van der Waals surface area (Å²) in [5, 5.41) is 0.925. The summed E-state index contributed by atoms with van der Waals surface area (Å²) in [6, 6.07) is 0. The molecule has 6 heteroatoms. The predicted octanol–water partition coefficient (Wildman–Crippen LogP) is 3.11. The average Bonchev–Trinajstić information content (AvgIpc) is 3.11. The number of ether oxygens (including phenoxy) is 1. The third-order valence-corrected chi connectivity index (χ3v) is 5.10. The summed E-state index contributed by atoms with van der Waals surface area (Å²) >= 11 is 1.69. The first-order valence-corrected chi connectivity index (χ1v) is 8.07. The van der Waals surface area contributed by atoms with Crippen molar-refractivity contribution in [2.75, 3.05) is 5.73 Å². The Morgan fingerprint density at radius 1 is 1.32 bits per heavy atom. The Kier molecular flexibility index (Phi) is 3.18. The van der Waals surface area contributed by atoms with E-state index in [2.05, 4.69) is 45.9 Å².